The first-order valence-electron chi connectivity index (χ1n) is 1.93. The van der Waals surface area contributed by atoms with Gasteiger partial charge in [0.2, 0.25) is 6.36 Å². The fourth-order valence-electron chi connectivity index (χ4n) is 0.166. The van der Waals surface area contributed by atoms with Crippen LogP contribution in [0.3, 0.4) is 0 Å². The van der Waals surface area contributed by atoms with Gasteiger partial charge in [0.25, 0.3) is 0 Å². The van der Waals surface area contributed by atoms with Crippen molar-refractivity contribution in [2.45, 2.75) is 6.36 Å². The van der Waals surface area contributed by atoms with Crippen LogP contribution < -0.4 is 47.5 Å². The van der Waals surface area contributed by atoms with Crippen LogP contribution in [0.4, 0.5) is 4.39 Å². The van der Waals surface area contributed by atoms with Crippen LogP contribution in [0.2, 0.25) is 0 Å². The number of halogens is 1. The van der Waals surface area contributed by atoms with Crippen molar-refractivity contribution in [2.24, 2.45) is 0 Å². The standard InChI is InChI=1S/C3H6FO4P.2Li/c1-2-3(4)8-9(5,6)7;;/h2-3H,1H2,(H2,5,6,7);;/q;2*+1/p-2. The summed E-state index contributed by atoms with van der Waals surface area (Å²) in [6.45, 7) is 2.85. The van der Waals surface area contributed by atoms with E-state index < -0.39 is 14.2 Å². The molecule has 0 rings (SSSR count). The van der Waals surface area contributed by atoms with E-state index in [0.29, 0.717) is 6.08 Å². The molecule has 1 atom stereocenters. The molecule has 0 saturated carbocycles. The van der Waals surface area contributed by atoms with Gasteiger partial charge in [-0.1, -0.05) is 6.58 Å². The van der Waals surface area contributed by atoms with E-state index in [4.69, 9.17) is 0 Å². The maximum Gasteiger partial charge on any atom is 1.00 e. The first-order chi connectivity index (χ1) is 3.95. The molecule has 8 heteroatoms. The Morgan fingerprint density at radius 2 is 1.91 bits per heavy atom. The summed E-state index contributed by atoms with van der Waals surface area (Å²) in [5.41, 5.74) is 0. The van der Waals surface area contributed by atoms with Gasteiger partial charge in [0.05, 0.1) is 7.82 Å². The Morgan fingerprint density at radius 3 is 2.00 bits per heavy atom. The maximum absolute atomic E-state index is 11.7. The predicted molar refractivity (Wildman–Crippen MR) is 23.8 cm³/mol. The Hall–Kier alpha value is 0.975. The largest absolute Gasteiger partial charge is 1.00 e. The van der Waals surface area contributed by atoms with Gasteiger partial charge < -0.3 is 18.9 Å². The molecule has 0 saturated heterocycles. The molecular weight excluding hydrogens is 164 g/mol. The molecule has 0 aliphatic carbocycles. The fraction of sp³-hybridized carbons (Fsp3) is 0.333. The van der Waals surface area contributed by atoms with Crippen molar-refractivity contribution < 1.29 is 61.0 Å². The van der Waals surface area contributed by atoms with E-state index in [1.807, 2.05) is 0 Å². The molecule has 0 aliphatic heterocycles. The molecule has 0 fully saturated rings. The number of alkyl halides is 1. The summed E-state index contributed by atoms with van der Waals surface area (Å²) in [4.78, 5) is 19.1. The molecule has 0 N–H and O–H groups in total. The third-order valence-corrected chi connectivity index (χ3v) is 0.875. The monoisotopic (exact) mass is 168 g/mol. The number of phosphoric acid groups is 1. The zero-order chi connectivity index (χ0) is 7.49. The molecule has 0 radical (unpaired) electrons. The minimum absolute atomic E-state index is 0. The quantitative estimate of drug-likeness (QED) is 0.238. The van der Waals surface area contributed by atoms with Gasteiger partial charge in [-0.3, -0.25) is 0 Å². The molecule has 0 bridgehead atoms. The van der Waals surface area contributed by atoms with Crippen molar-refractivity contribution in [3.05, 3.63) is 12.7 Å². The van der Waals surface area contributed by atoms with E-state index >= 15 is 0 Å². The average molecular weight is 168 g/mol. The second-order valence-corrected chi connectivity index (χ2v) is 2.24. The maximum atomic E-state index is 11.7. The Kier molecular flexibility index (Phi) is 12.4. The molecule has 11 heavy (non-hydrogen) atoms. The van der Waals surface area contributed by atoms with Crippen molar-refractivity contribution in [1.82, 2.24) is 0 Å². The molecule has 0 aliphatic rings. The van der Waals surface area contributed by atoms with Crippen LogP contribution in [0.5, 0.6) is 0 Å². The fourth-order valence-corrected chi connectivity index (χ4v) is 0.499. The molecule has 0 aromatic heterocycles. The summed E-state index contributed by atoms with van der Waals surface area (Å²) >= 11 is 0. The van der Waals surface area contributed by atoms with E-state index in [9.17, 15) is 18.7 Å². The molecule has 0 aromatic carbocycles. The summed E-state index contributed by atoms with van der Waals surface area (Å²) in [5.74, 6) is 0. The molecule has 0 amide bonds. The Balaban J connectivity index is -0.000000320. The average Bonchev–Trinajstić information content (AvgIpc) is 1.62. The van der Waals surface area contributed by atoms with E-state index in [-0.39, 0.29) is 37.7 Å². The van der Waals surface area contributed by atoms with Crippen molar-refractivity contribution >= 4 is 7.82 Å². The minimum Gasteiger partial charge on any atom is -0.790 e. The van der Waals surface area contributed by atoms with Gasteiger partial charge in [-0.15, -0.1) is 0 Å². The van der Waals surface area contributed by atoms with Crippen LogP contribution in [-0.4, -0.2) is 6.36 Å². The number of hydrogen-bond acceptors (Lipinski definition) is 4. The molecule has 0 heterocycles. The second-order valence-electron chi connectivity index (χ2n) is 1.14. The van der Waals surface area contributed by atoms with E-state index in [1.54, 1.807) is 0 Å². The Morgan fingerprint density at radius 1 is 1.55 bits per heavy atom. The minimum atomic E-state index is -5.18. The number of rotatable bonds is 3. The summed E-state index contributed by atoms with van der Waals surface area (Å²) in [6.07, 6.45) is -1.67. The van der Waals surface area contributed by atoms with Crippen LogP contribution in [0, 0.1) is 0 Å². The van der Waals surface area contributed by atoms with E-state index in [0.717, 1.165) is 0 Å². The van der Waals surface area contributed by atoms with Crippen molar-refractivity contribution in [2.75, 3.05) is 0 Å². The Bertz CT molecular complexity index is 148. The number of hydrogen-bond donors (Lipinski definition) is 0. The SMILES string of the molecule is C=CC(F)OP(=O)([O-])[O-].[Li+].[Li+]. The zero-order valence-electron chi connectivity index (χ0n) is 6.32. The van der Waals surface area contributed by atoms with Gasteiger partial charge in [0, 0.05) is 0 Å². The third-order valence-electron chi connectivity index (χ3n) is 0.415. The first kappa shape index (κ1) is 17.9. The van der Waals surface area contributed by atoms with Gasteiger partial charge in [0.15, 0.2) is 0 Å². The molecule has 54 valence electrons. The van der Waals surface area contributed by atoms with Gasteiger partial charge in [0.1, 0.15) is 0 Å². The molecule has 0 spiro atoms. The van der Waals surface area contributed by atoms with Gasteiger partial charge >= 0.3 is 37.7 Å². The summed E-state index contributed by atoms with van der Waals surface area (Å²) in [5, 5.41) is 0. The predicted octanol–water partition coefficient (Wildman–Crippen LogP) is -6.68. The van der Waals surface area contributed by atoms with Crippen LogP contribution in [0.15, 0.2) is 12.7 Å². The van der Waals surface area contributed by atoms with Crippen molar-refractivity contribution in [3.63, 3.8) is 0 Å². The van der Waals surface area contributed by atoms with Gasteiger partial charge in [-0.25, -0.2) is 4.39 Å². The molecule has 1 unspecified atom stereocenters. The van der Waals surface area contributed by atoms with Crippen molar-refractivity contribution in [1.29, 1.82) is 0 Å². The molecule has 0 aromatic rings. The zero-order valence-corrected chi connectivity index (χ0v) is 7.21. The first-order valence-corrected chi connectivity index (χ1v) is 3.39. The van der Waals surface area contributed by atoms with Gasteiger partial charge in [-0.05, 0) is 6.08 Å². The summed E-state index contributed by atoms with van der Waals surface area (Å²) in [6, 6.07) is 0. The topological polar surface area (TPSA) is 72.4 Å². The molecule has 4 nitrogen and oxygen atoms in total. The normalized spacial score (nSPS) is 12.3. The van der Waals surface area contributed by atoms with Gasteiger partial charge in [-0.2, -0.15) is 0 Å². The second kappa shape index (κ2) is 7.61. The van der Waals surface area contributed by atoms with E-state index in [1.165, 1.54) is 0 Å². The third kappa shape index (κ3) is 13.9. The molecular formula is C3H4FLi2O4P. The van der Waals surface area contributed by atoms with E-state index in [2.05, 4.69) is 11.1 Å². The number of phosphoric ester groups is 1. The van der Waals surface area contributed by atoms with Crippen molar-refractivity contribution in [3.8, 4) is 0 Å². The van der Waals surface area contributed by atoms with Crippen LogP contribution in [0.25, 0.3) is 0 Å². The van der Waals surface area contributed by atoms with Crippen LogP contribution >= 0.6 is 7.82 Å². The van der Waals surface area contributed by atoms with Crippen LogP contribution in [0.1, 0.15) is 0 Å². The Labute approximate surface area is 87.8 Å². The smallest absolute Gasteiger partial charge is 0.790 e. The van der Waals surface area contributed by atoms with Crippen LogP contribution in [-0.2, 0) is 9.09 Å². The summed E-state index contributed by atoms with van der Waals surface area (Å²) in [7, 11) is -5.18. The summed E-state index contributed by atoms with van der Waals surface area (Å²) < 4.78 is 24.5.